The number of nitrogens with zero attached hydrogens (tertiary/aromatic N) is 4. The molecule has 0 N–H and O–H groups in total. The Labute approximate surface area is 152 Å². The van der Waals surface area contributed by atoms with Crippen molar-refractivity contribution in [1.82, 2.24) is 19.9 Å². The molecule has 3 aromatic rings. The van der Waals surface area contributed by atoms with Crippen LogP contribution in [-0.2, 0) is 25.7 Å². The number of rotatable bonds is 3. The molecule has 134 valence electrons. The third-order valence-corrected chi connectivity index (χ3v) is 5.16. The van der Waals surface area contributed by atoms with Crippen molar-refractivity contribution in [3.63, 3.8) is 0 Å². The second-order valence-corrected chi connectivity index (χ2v) is 7.10. The highest BCUT2D eigenvalue weighted by atomic mass is 32.1. The quantitative estimate of drug-likeness (QED) is 0.688. The van der Waals surface area contributed by atoms with E-state index >= 15 is 0 Å². The topological polar surface area (TPSA) is 41.9 Å². The van der Waals surface area contributed by atoms with E-state index in [0.29, 0.717) is 31.7 Å². The van der Waals surface area contributed by atoms with Gasteiger partial charge in [0.2, 0.25) is 5.82 Å². The van der Waals surface area contributed by atoms with Crippen LogP contribution in [0.4, 0.5) is 13.2 Å². The predicted molar refractivity (Wildman–Crippen MR) is 92.4 cm³/mol. The normalized spacial score (nSPS) is 15.0. The second kappa shape index (κ2) is 6.77. The Kier molecular flexibility index (Phi) is 4.46. The van der Waals surface area contributed by atoms with E-state index in [1.165, 1.54) is 6.20 Å². The summed E-state index contributed by atoms with van der Waals surface area (Å²) in [6.07, 6.45) is -0.854. The van der Waals surface area contributed by atoms with Gasteiger partial charge in [-0.05, 0) is 23.1 Å². The van der Waals surface area contributed by atoms with Gasteiger partial charge in [-0.25, -0.2) is 9.97 Å². The number of aromatic nitrogens is 3. The summed E-state index contributed by atoms with van der Waals surface area (Å²) < 4.78 is 38.1. The molecule has 26 heavy (non-hydrogen) atoms. The molecule has 0 amide bonds. The van der Waals surface area contributed by atoms with Crippen molar-refractivity contribution in [2.24, 2.45) is 0 Å². The van der Waals surface area contributed by atoms with Gasteiger partial charge in [0.25, 0.3) is 0 Å². The molecule has 4 nitrogen and oxygen atoms in total. The number of hydrogen-bond acceptors (Lipinski definition) is 5. The molecule has 0 aromatic carbocycles. The van der Waals surface area contributed by atoms with E-state index in [1.54, 1.807) is 11.3 Å². The molecule has 4 rings (SSSR count). The number of fused-ring (bicyclic) bond motifs is 1. The van der Waals surface area contributed by atoms with Crippen LogP contribution >= 0.6 is 11.3 Å². The van der Waals surface area contributed by atoms with E-state index in [-0.39, 0.29) is 0 Å². The Bertz CT molecular complexity index is 892. The lowest BCUT2D eigenvalue weighted by Gasteiger charge is -2.28. The standard InChI is InChI=1S/C18H15F3N4S/c19-18(20,21)17-23-9-13-11-25(6-5-14(13)24-17)10-12-3-4-15(22-8-12)16-2-1-7-26-16/h1-4,7-9H,5-6,10-11H2. The number of pyridine rings is 1. The van der Waals surface area contributed by atoms with Crippen LogP contribution in [-0.4, -0.2) is 26.4 Å². The van der Waals surface area contributed by atoms with Gasteiger partial charge in [0, 0.05) is 44.0 Å². The van der Waals surface area contributed by atoms with Crippen LogP contribution in [0.1, 0.15) is 22.6 Å². The van der Waals surface area contributed by atoms with Crippen molar-refractivity contribution in [2.75, 3.05) is 6.54 Å². The molecule has 0 unspecified atom stereocenters. The molecule has 3 aromatic heterocycles. The van der Waals surface area contributed by atoms with Crippen LogP contribution in [0.5, 0.6) is 0 Å². The van der Waals surface area contributed by atoms with Gasteiger partial charge in [0.1, 0.15) is 0 Å². The number of halogens is 3. The minimum absolute atomic E-state index is 0.488. The van der Waals surface area contributed by atoms with Crippen LogP contribution in [0.3, 0.4) is 0 Å². The van der Waals surface area contributed by atoms with Gasteiger partial charge >= 0.3 is 6.18 Å². The first-order valence-corrected chi connectivity index (χ1v) is 9.00. The fourth-order valence-corrected chi connectivity index (χ4v) is 3.69. The van der Waals surface area contributed by atoms with Gasteiger partial charge in [-0.15, -0.1) is 11.3 Å². The SMILES string of the molecule is FC(F)(F)c1ncc2c(n1)CCN(Cc1ccc(-c3cccs3)nc1)C2. The monoisotopic (exact) mass is 376 g/mol. The molecule has 0 spiro atoms. The summed E-state index contributed by atoms with van der Waals surface area (Å²) in [6, 6.07) is 8.06. The highest BCUT2D eigenvalue weighted by Crippen LogP contribution is 2.28. The van der Waals surface area contributed by atoms with Gasteiger partial charge in [-0.1, -0.05) is 12.1 Å². The maximum atomic E-state index is 12.7. The van der Waals surface area contributed by atoms with Crippen molar-refractivity contribution >= 4 is 11.3 Å². The highest BCUT2D eigenvalue weighted by Gasteiger charge is 2.35. The van der Waals surface area contributed by atoms with E-state index in [9.17, 15) is 13.2 Å². The smallest absolute Gasteiger partial charge is 0.294 e. The van der Waals surface area contributed by atoms with Gasteiger partial charge in [0.05, 0.1) is 16.3 Å². The molecular weight excluding hydrogens is 361 g/mol. The van der Waals surface area contributed by atoms with Crippen molar-refractivity contribution in [2.45, 2.75) is 25.7 Å². The van der Waals surface area contributed by atoms with E-state index < -0.39 is 12.0 Å². The Morgan fingerprint density at radius 2 is 2.00 bits per heavy atom. The minimum Gasteiger partial charge on any atom is -0.294 e. The van der Waals surface area contributed by atoms with Crippen LogP contribution in [0.15, 0.2) is 42.0 Å². The van der Waals surface area contributed by atoms with Crippen molar-refractivity contribution in [3.8, 4) is 10.6 Å². The van der Waals surface area contributed by atoms with E-state index in [1.807, 2.05) is 35.8 Å². The van der Waals surface area contributed by atoms with Crippen LogP contribution in [0.25, 0.3) is 10.6 Å². The molecule has 0 aliphatic carbocycles. The Balaban J connectivity index is 1.44. The Hall–Kier alpha value is -2.32. The summed E-state index contributed by atoms with van der Waals surface area (Å²) in [4.78, 5) is 15.0. The minimum atomic E-state index is -4.50. The fraction of sp³-hybridized carbons (Fsp3) is 0.278. The summed E-state index contributed by atoms with van der Waals surface area (Å²) >= 11 is 1.65. The lowest BCUT2D eigenvalue weighted by molar-refractivity contribution is -0.145. The molecule has 1 aliphatic heterocycles. The second-order valence-electron chi connectivity index (χ2n) is 6.15. The van der Waals surface area contributed by atoms with Crippen molar-refractivity contribution in [1.29, 1.82) is 0 Å². The van der Waals surface area contributed by atoms with Crippen LogP contribution < -0.4 is 0 Å². The zero-order chi connectivity index (χ0) is 18.1. The molecule has 0 fully saturated rings. The molecule has 4 heterocycles. The van der Waals surface area contributed by atoms with Gasteiger partial charge in [0.15, 0.2) is 0 Å². The molecule has 0 atom stereocenters. The summed E-state index contributed by atoms with van der Waals surface area (Å²) in [5.41, 5.74) is 3.27. The Morgan fingerprint density at radius 3 is 2.69 bits per heavy atom. The molecular formula is C18H15F3N4S. The predicted octanol–water partition coefficient (Wildman–Crippen LogP) is 4.18. The fourth-order valence-electron chi connectivity index (χ4n) is 2.99. The third kappa shape index (κ3) is 3.61. The zero-order valence-corrected chi connectivity index (χ0v) is 14.5. The first-order valence-electron chi connectivity index (χ1n) is 8.12. The van der Waals surface area contributed by atoms with Crippen molar-refractivity contribution in [3.05, 3.63) is 64.7 Å². The molecule has 0 bridgehead atoms. The average molecular weight is 376 g/mol. The largest absolute Gasteiger partial charge is 0.451 e. The van der Waals surface area contributed by atoms with Crippen molar-refractivity contribution < 1.29 is 13.2 Å². The van der Waals surface area contributed by atoms with Gasteiger partial charge in [-0.3, -0.25) is 9.88 Å². The molecule has 0 radical (unpaired) electrons. The number of alkyl halides is 3. The number of thiophene rings is 1. The third-order valence-electron chi connectivity index (χ3n) is 4.27. The van der Waals surface area contributed by atoms with Gasteiger partial charge < -0.3 is 0 Å². The first kappa shape index (κ1) is 17.1. The Morgan fingerprint density at radius 1 is 1.12 bits per heavy atom. The zero-order valence-electron chi connectivity index (χ0n) is 13.7. The molecule has 0 saturated heterocycles. The average Bonchev–Trinajstić information content (AvgIpc) is 3.16. The first-order chi connectivity index (χ1) is 12.5. The summed E-state index contributed by atoms with van der Waals surface area (Å²) in [6.45, 7) is 1.90. The van der Waals surface area contributed by atoms with E-state index in [4.69, 9.17) is 0 Å². The van der Waals surface area contributed by atoms with E-state index in [2.05, 4.69) is 19.9 Å². The van der Waals surface area contributed by atoms with Crippen LogP contribution in [0, 0.1) is 0 Å². The molecule has 1 aliphatic rings. The van der Waals surface area contributed by atoms with Crippen LogP contribution in [0.2, 0.25) is 0 Å². The summed E-state index contributed by atoms with van der Waals surface area (Å²) in [5, 5.41) is 2.02. The summed E-state index contributed by atoms with van der Waals surface area (Å²) in [5.74, 6) is -1.06. The molecule has 0 saturated carbocycles. The van der Waals surface area contributed by atoms with Gasteiger partial charge in [-0.2, -0.15) is 13.2 Å². The van der Waals surface area contributed by atoms with E-state index in [0.717, 1.165) is 21.7 Å². The molecule has 8 heteroatoms. The maximum Gasteiger partial charge on any atom is 0.451 e. The lowest BCUT2D eigenvalue weighted by Crippen LogP contribution is -2.31. The summed E-state index contributed by atoms with van der Waals surface area (Å²) in [7, 11) is 0. The lowest BCUT2D eigenvalue weighted by atomic mass is 10.1. The highest BCUT2D eigenvalue weighted by molar-refractivity contribution is 7.13. The number of hydrogen-bond donors (Lipinski definition) is 0. The maximum absolute atomic E-state index is 12.7.